The molecule has 1 saturated heterocycles. The van der Waals surface area contributed by atoms with Crippen LogP contribution >= 0.6 is 0 Å². The summed E-state index contributed by atoms with van der Waals surface area (Å²) in [5.74, 6) is 0.803. The van der Waals surface area contributed by atoms with Gasteiger partial charge in [-0.15, -0.1) is 19.7 Å². The van der Waals surface area contributed by atoms with E-state index in [4.69, 9.17) is 23.7 Å². The van der Waals surface area contributed by atoms with Crippen molar-refractivity contribution in [3.63, 3.8) is 0 Å². The van der Waals surface area contributed by atoms with Crippen molar-refractivity contribution in [3.8, 4) is 5.75 Å². The molecule has 0 aliphatic carbocycles. The summed E-state index contributed by atoms with van der Waals surface area (Å²) in [4.78, 5) is 0. The van der Waals surface area contributed by atoms with E-state index in [1.165, 1.54) is 6.26 Å². The van der Waals surface area contributed by atoms with Crippen molar-refractivity contribution in [2.45, 2.75) is 50.0 Å². The van der Waals surface area contributed by atoms with Crippen molar-refractivity contribution in [2.75, 3.05) is 13.7 Å². The summed E-state index contributed by atoms with van der Waals surface area (Å²) in [6, 6.07) is 7.77. The molecule has 1 aromatic rings. The van der Waals surface area contributed by atoms with Crippen molar-refractivity contribution in [2.24, 2.45) is 0 Å². The lowest BCUT2D eigenvalue weighted by Gasteiger charge is -2.45. The molecular weight excluding hydrogens is 368 g/mol. The van der Waals surface area contributed by atoms with Crippen molar-refractivity contribution < 1.29 is 23.7 Å². The molecule has 1 aliphatic heterocycles. The molecule has 0 amide bonds. The molecule has 0 unspecified atom stereocenters. The standard InChI is InChI=1S/C24H32O5/c1-6-10-20-22(26-9-4)24(23(27-16-8-3)21(29-20)11-7-2)28-17-18-12-14-19(25-5)15-13-18/h6-9,12-15,20-24H,1-4,10-11,16-17H2,5H3/t20-,21+,22-,23+,24+/m1/s1. The van der Waals surface area contributed by atoms with E-state index in [1.807, 2.05) is 36.4 Å². The van der Waals surface area contributed by atoms with E-state index in [2.05, 4.69) is 26.3 Å². The summed E-state index contributed by atoms with van der Waals surface area (Å²) in [5, 5.41) is 0. The second kappa shape index (κ2) is 12.3. The van der Waals surface area contributed by atoms with Crippen LogP contribution in [0.1, 0.15) is 18.4 Å². The maximum atomic E-state index is 6.35. The first-order valence-electron chi connectivity index (χ1n) is 9.79. The molecule has 1 fully saturated rings. The van der Waals surface area contributed by atoms with Gasteiger partial charge in [0.05, 0.1) is 32.7 Å². The van der Waals surface area contributed by atoms with Gasteiger partial charge in [-0.25, -0.2) is 0 Å². The minimum absolute atomic E-state index is 0.206. The Bertz CT molecular complexity index is 654. The van der Waals surface area contributed by atoms with Crippen LogP contribution in [0.2, 0.25) is 0 Å². The lowest BCUT2D eigenvalue weighted by Crippen LogP contribution is -2.59. The van der Waals surface area contributed by atoms with Gasteiger partial charge in [0.1, 0.15) is 24.1 Å². The van der Waals surface area contributed by atoms with Gasteiger partial charge in [0.15, 0.2) is 6.10 Å². The van der Waals surface area contributed by atoms with E-state index in [0.717, 1.165) is 11.3 Å². The zero-order chi connectivity index (χ0) is 21.1. The van der Waals surface area contributed by atoms with E-state index < -0.39 is 0 Å². The summed E-state index contributed by atoms with van der Waals surface area (Å²) in [5.41, 5.74) is 1.03. The zero-order valence-electron chi connectivity index (χ0n) is 17.2. The van der Waals surface area contributed by atoms with Crippen LogP contribution in [0.3, 0.4) is 0 Å². The number of hydrogen-bond acceptors (Lipinski definition) is 5. The Kier molecular flexibility index (Phi) is 9.71. The van der Waals surface area contributed by atoms with Gasteiger partial charge in [-0.1, -0.05) is 36.9 Å². The molecule has 0 N–H and O–H groups in total. The van der Waals surface area contributed by atoms with Crippen LogP contribution in [0, 0.1) is 0 Å². The molecule has 1 aromatic carbocycles. The van der Waals surface area contributed by atoms with Crippen LogP contribution < -0.4 is 4.74 Å². The van der Waals surface area contributed by atoms with Gasteiger partial charge in [0.25, 0.3) is 0 Å². The van der Waals surface area contributed by atoms with Crippen LogP contribution in [-0.2, 0) is 25.6 Å². The lowest BCUT2D eigenvalue weighted by atomic mass is 9.91. The Labute approximate surface area is 174 Å². The molecule has 0 aromatic heterocycles. The maximum absolute atomic E-state index is 6.35. The number of ether oxygens (including phenoxy) is 5. The molecule has 158 valence electrons. The number of methoxy groups -OCH3 is 1. The molecular formula is C24H32O5. The second-order valence-electron chi connectivity index (χ2n) is 6.74. The highest BCUT2D eigenvalue weighted by Gasteiger charge is 2.47. The van der Waals surface area contributed by atoms with Gasteiger partial charge >= 0.3 is 0 Å². The average molecular weight is 401 g/mol. The minimum Gasteiger partial charge on any atom is -0.497 e. The summed E-state index contributed by atoms with van der Waals surface area (Å²) in [6.45, 7) is 16.0. The van der Waals surface area contributed by atoms with Crippen LogP contribution in [0.15, 0.2) is 75.1 Å². The predicted molar refractivity (Wildman–Crippen MR) is 115 cm³/mol. The first kappa shape index (κ1) is 22.9. The number of hydrogen-bond donors (Lipinski definition) is 0. The van der Waals surface area contributed by atoms with Gasteiger partial charge in [-0.05, 0) is 30.5 Å². The van der Waals surface area contributed by atoms with E-state index in [1.54, 1.807) is 13.2 Å². The van der Waals surface area contributed by atoms with Gasteiger partial charge in [0, 0.05) is 0 Å². The molecule has 0 radical (unpaired) electrons. The zero-order valence-corrected chi connectivity index (χ0v) is 17.2. The average Bonchev–Trinajstić information content (AvgIpc) is 2.74. The third-order valence-corrected chi connectivity index (χ3v) is 4.79. The van der Waals surface area contributed by atoms with Crippen molar-refractivity contribution >= 4 is 0 Å². The van der Waals surface area contributed by atoms with E-state index >= 15 is 0 Å². The molecule has 1 aliphatic rings. The summed E-state index contributed by atoms with van der Waals surface area (Å²) < 4.78 is 29.8. The van der Waals surface area contributed by atoms with Crippen molar-refractivity contribution in [3.05, 3.63) is 80.6 Å². The molecule has 5 nitrogen and oxygen atoms in total. The minimum atomic E-state index is -0.375. The largest absolute Gasteiger partial charge is 0.497 e. The Morgan fingerprint density at radius 2 is 1.52 bits per heavy atom. The molecule has 0 spiro atoms. The summed E-state index contributed by atoms with van der Waals surface area (Å²) in [6.07, 6.45) is 6.55. The quantitative estimate of drug-likeness (QED) is 0.358. The summed E-state index contributed by atoms with van der Waals surface area (Å²) >= 11 is 0. The smallest absolute Gasteiger partial charge is 0.153 e. The Balaban J connectivity index is 2.26. The fraction of sp³-hybridized carbons (Fsp3) is 0.417. The van der Waals surface area contributed by atoms with Crippen molar-refractivity contribution in [1.29, 1.82) is 0 Å². The van der Waals surface area contributed by atoms with Crippen molar-refractivity contribution in [1.82, 2.24) is 0 Å². The lowest BCUT2D eigenvalue weighted by molar-refractivity contribution is -0.246. The highest BCUT2D eigenvalue weighted by Crippen LogP contribution is 2.32. The molecule has 2 rings (SSSR count). The maximum Gasteiger partial charge on any atom is 0.153 e. The molecule has 0 saturated carbocycles. The molecule has 0 bridgehead atoms. The predicted octanol–water partition coefficient (Wildman–Crippen LogP) is 4.60. The van der Waals surface area contributed by atoms with Crippen LogP contribution in [0.25, 0.3) is 0 Å². The second-order valence-corrected chi connectivity index (χ2v) is 6.74. The Morgan fingerprint density at radius 3 is 2.07 bits per heavy atom. The highest BCUT2D eigenvalue weighted by molar-refractivity contribution is 5.26. The van der Waals surface area contributed by atoms with E-state index in [0.29, 0.717) is 26.1 Å². The van der Waals surface area contributed by atoms with Gasteiger partial charge < -0.3 is 23.7 Å². The van der Waals surface area contributed by atoms with E-state index in [-0.39, 0.29) is 30.5 Å². The van der Waals surface area contributed by atoms with Gasteiger partial charge in [-0.3, -0.25) is 0 Å². The first-order chi connectivity index (χ1) is 14.2. The normalized spacial score (nSPS) is 26.3. The SMILES string of the molecule is C=CCO[C@@H]1[C@@H](OCc2ccc(OC)cc2)[C@H](OC=C)[C@@H](CC=C)O[C@H]1CC=C. The Hall–Kier alpha value is -2.34. The van der Waals surface area contributed by atoms with Crippen LogP contribution in [-0.4, -0.2) is 44.2 Å². The fourth-order valence-corrected chi connectivity index (χ4v) is 3.46. The van der Waals surface area contributed by atoms with Crippen LogP contribution in [0.5, 0.6) is 5.75 Å². The Morgan fingerprint density at radius 1 is 0.862 bits per heavy atom. The molecule has 5 atom stereocenters. The van der Waals surface area contributed by atoms with Gasteiger partial charge in [0.2, 0.25) is 0 Å². The fourth-order valence-electron chi connectivity index (χ4n) is 3.46. The van der Waals surface area contributed by atoms with Gasteiger partial charge in [-0.2, -0.15) is 0 Å². The third kappa shape index (κ3) is 6.32. The topological polar surface area (TPSA) is 46.2 Å². The molecule has 29 heavy (non-hydrogen) atoms. The molecule has 1 heterocycles. The third-order valence-electron chi connectivity index (χ3n) is 4.79. The molecule has 5 heteroatoms. The first-order valence-corrected chi connectivity index (χ1v) is 9.79. The van der Waals surface area contributed by atoms with E-state index in [9.17, 15) is 0 Å². The highest BCUT2D eigenvalue weighted by atomic mass is 16.6. The summed E-state index contributed by atoms with van der Waals surface area (Å²) in [7, 11) is 1.64. The number of benzene rings is 1. The monoisotopic (exact) mass is 400 g/mol. The number of rotatable bonds is 13. The van der Waals surface area contributed by atoms with Crippen LogP contribution in [0.4, 0.5) is 0 Å².